The largest absolute Gasteiger partial charge is 0.449 e. The molecule has 0 heterocycles. The van der Waals surface area contributed by atoms with Crippen molar-refractivity contribution in [3.63, 3.8) is 0 Å². The summed E-state index contributed by atoms with van der Waals surface area (Å²) in [6.45, 7) is 0.130. The number of halogens is 1. The molecule has 0 unspecified atom stereocenters. The number of ether oxygens (including phenoxy) is 1. The zero-order chi connectivity index (χ0) is 21.1. The van der Waals surface area contributed by atoms with Crippen molar-refractivity contribution >= 4 is 12.0 Å². The maximum absolute atomic E-state index is 13.4. The number of fused-ring (bicyclic) bond motifs is 3. The van der Waals surface area contributed by atoms with Crippen LogP contribution in [0, 0.1) is 5.82 Å². The Labute approximate surface area is 173 Å². The van der Waals surface area contributed by atoms with Crippen LogP contribution in [0.15, 0.2) is 72.8 Å². The second-order valence-electron chi connectivity index (χ2n) is 7.26. The molecule has 6 heteroatoms. The quantitative estimate of drug-likeness (QED) is 0.656. The van der Waals surface area contributed by atoms with Crippen LogP contribution in [0.5, 0.6) is 0 Å². The highest BCUT2D eigenvalue weighted by atomic mass is 19.1. The van der Waals surface area contributed by atoms with E-state index in [9.17, 15) is 14.0 Å². The summed E-state index contributed by atoms with van der Waals surface area (Å²) in [4.78, 5) is 24.2. The average molecular weight is 404 g/mol. The van der Waals surface area contributed by atoms with Crippen LogP contribution in [-0.2, 0) is 16.0 Å². The van der Waals surface area contributed by atoms with Crippen molar-refractivity contribution in [2.45, 2.75) is 18.4 Å². The van der Waals surface area contributed by atoms with E-state index in [-0.39, 0.29) is 18.9 Å². The van der Waals surface area contributed by atoms with E-state index >= 15 is 0 Å². The summed E-state index contributed by atoms with van der Waals surface area (Å²) in [6, 6.07) is 20.8. The van der Waals surface area contributed by atoms with E-state index in [2.05, 4.69) is 17.4 Å². The van der Waals surface area contributed by atoms with Gasteiger partial charge in [0.2, 0.25) is 5.91 Å². The number of hydrogen-bond donors (Lipinski definition) is 2. The molecule has 0 aliphatic heterocycles. The average Bonchev–Trinajstić information content (AvgIpc) is 3.06. The Kier molecular flexibility index (Phi) is 5.48. The second-order valence-corrected chi connectivity index (χ2v) is 7.26. The summed E-state index contributed by atoms with van der Waals surface area (Å²) >= 11 is 0. The Hall–Kier alpha value is -3.67. The molecule has 1 aliphatic carbocycles. The lowest BCUT2D eigenvalue weighted by molar-refractivity contribution is -0.119. The fraction of sp³-hybridized carbons (Fsp3) is 0.167. The molecule has 0 saturated heterocycles. The molecule has 152 valence electrons. The van der Waals surface area contributed by atoms with Crippen LogP contribution < -0.4 is 11.1 Å². The summed E-state index contributed by atoms with van der Waals surface area (Å²) < 4.78 is 18.8. The van der Waals surface area contributed by atoms with Crippen LogP contribution in [0.25, 0.3) is 11.1 Å². The molecule has 5 nitrogen and oxygen atoms in total. The van der Waals surface area contributed by atoms with Gasteiger partial charge in [0.1, 0.15) is 18.5 Å². The highest BCUT2D eigenvalue weighted by Crippen LogP contribution is 2.44. The second kappa shape index (κ2) is 8.37. The Balaban J connectivity index is 1.43. The third-order valence-corrected chi connectivity index (χ3v) is 5.31. The van der Waals surface area contributed by atoms with Crippen LogP contribution in [0.2, 0.25) is 0 Å². The van der Waals surface area contributed by atoms with Gasteiger partial charge in [-0.2, -0.15) is 0 Å². The summed E-state index contributed by atoms with van der Waals surface area (Å²) in [6.07, 6.45) is -0.658. The van der Waals surface area contributed by atoms with E-state index in [0.717, 1.165) is 22.3 Å². The number of carbonyl (C=O) groups excluding carboxylic acids is 2. The van der Waals surface area contributed by atoms with Gasteiger partial charge >= 0.3 is 6.09 Å². The minimum atomic E-state index is -0.998. The minimum absolute atomic E-state index is 0.0806. The van der Waals surface area contributed by atoms with Crippen molar-refractivity contribution in [3.05, 3.63) is 95.3 Å². The topological polar surface area (TPSA) is 81.4 Å². The molecule has 0 spiro atoms. The number of nitrogens with two attached hydrogens (primary N) is 1. The predicted molar refractivity (Wildman–Crippen MR) is 111 cm³/mol. The third-order valence-electron chi connectivity index (χ3n) is 5.31. The normalized spacial score (nSPS) is 13.2. The van der Waals surface area contributed by atoms with Crippen LogP contribution >= 0.6 is 0 Å². The van der Waals surface area contributed by atoms with Gasteiger partial charge in [-0.1, -0.05) is 60.7 Å². The lowest BCUT2D eigenvalue weighted by Gasteiger charge is -2.18. The number of alkyl carbamates (subject to hydrolysis) is 1. The lowest BCUT2D eigenvalue weighted by atomic mass is 9.98. The van der Waals surface area contributed by atoms with Crippen LogP contribution in [0.4, 0.5) is 9.18 Å². The number of carbonyl (C=O) groups is 2. The van der Waals surface area contributed by atoms with Gasteiger partial charge in [0, 0.05) is 12.3 Å². The maximum Gasteiger partial charge on any atom is 0.407 e. The first-order valence-electron chi connectivity index (χ1n) is 9.68. The first kappa shape index (κ1) is 19.6. The fourth-order valence-corrected chi connectivity index (χ4v) is 3.90. The number of rotatable bonds is 6. The maximum atomic E-state index is 13.4. The first-order valence-corrected chi connectivity index (χ1v) is 9.68. The SMILES string of the molecule is NC(=O)[C@H](Cc1cccc(F)c1)NC(=O)OCC1c2ccccc2-c2ccccc21. The highest BCUT2D eigenvalue weighted by molar-refractivity contribution is 5.84. The van der Waals surface area contributed by atoms with Crippen molar-refractivity contribution < 1.29 is 18.7 Å². The van der Waals surface area contributed by atoms with Gasteiger partial charge in [-0.3, -0.25) is 4.79 Å². The number of nitrogens with one attached hydrogen (secondary N) is 1. The molecule has 30 heavy (non-hydrogen) atoms. The van der Waals surface area contributed by atoms with E-state index in [4.69, 9.17) is 10.5 Å². The lowest BCUT2D eigenvalue weighted by Crippen LogP contribution is -2.46. The molecule has 1 atom stereocenters. The molecule has 0 aromatic heterocycles. The Bertz CT molecular complexity index is 1050. The zero-order valence-electron chi connectivity index (χ0n) is 16.2. The summed E-state index contributed by atoms with van der Waals surface area (Å²) in [5.74, 6) is -1.22. The van der Waals surface area contributed by atoms with Gasteiger partial charge in [-0.15, -0.1) is 0 Å². The van der Waals surface area contributed by atoms with Crippen molar-refractivity contribution in [3.8, 4) is 11.1 Å². The number of benzene rings is 3. The Morgan fingerprint density at radius 1 is 0.967 bits per heavy atom. The number of hydrogen-bond acceptors (Lipinski definition) is 3. The van der Waals surface area contributed by atoms with E-state index < -0.39 is 23.9 Å². The monoisotopic (exact) mass is 404 g/mol. The minimum Gasteiger partial charge on any atom is -0.449 e. The Morgan fingerprint density at radius 2 is 1.60 bits per heavy atom. The van der Waals surface area contributed by atoms with Gasteiger partial charge in [-0.05, 0) is 39.9 Å². The van der Waals surface area contributed by atoms with Gasteiger partial charge < -0.3 is 15.8 Å². The van der Waals surface area contributed by atoms with Crippen molar-refractivity contribution in [2.75, 3.05) is 6.61 Å². The van der Waals surface area contributed by atoms with E-state index in [1.807, 2.05) is 36.4 Å². The molecule has 3 aromatic rings. The highest BCUT2D eigenvalue weighted by Gasteiger charge is 2.29. The Morgan fingerprint density at radius 3 is 2.20 bits per heavy atom. The number of amides is 2. The van der Waals surface area contributed by atoms with Crippen molar-refractivity contribution in [2.24, 2.45) is 5.73 Å². The molecule has 3 N–H and O–H groups in total. The van der Waals surface area contributed by atoms with E-state index in [1.54, 1.807) is 6.07 Å². The standard InChI is InChI=1S/C24H21FN2O3/c25-16-7-5-6-15(12-16)13-22(23(26)28)27-24(29)30-14-21-19-10-3-1-8-17(19)18-9-2-4-11-20(18)21/h1-12,21-22H,13-14H2,(H2,26,28)(H,27,29)/t22-/m0/s1. The summed E-state index contributed by atoms with van der Waals surface area (Å²) in [7, 11) is 0. The summed E-state index contributed by atoms with van der Waals surface area (Å²) in [5, 5.41) is 2.50. The van der Waals surface area contributed by atoms with Gasteiger partial charge in [0.15, 0.2) is 0 Å². The summed E-state index contributed by atoms with van der Waals surface area (Å²) in [5.41, 5.74) is 10.4. The molecule has 0 saturated carbocycles. The molecule has 0 bridgehead atoms. The molecular formula is C24H21FN2O3. The van der Waals surface area contributed by atoms with Gasteiger partial charge in [-0.25, -0.2) is 9.18 Å². The molecule has 1 aliphatic rings. The van der Waals surface area contributed by atoms with E-state index in [0.29, 0.717) is 5.56 Å². The third kappa shape index (κ3) is 4.03. The molecule has 0 radical (unpaired) electrons. The fourth-order valence-electron chi connectivity index (χ4n) is 3.90. The number of primary amides is 1. The van der Waals surface area contributed by atoms with Gasteiger partial charge in [0.25, 0.3) is 0 Å². The molecule has 0 fully saturated rings. The van der Waals surface area contributed by atoms with Crippen molar-refractivity contribution in [1.29, 1.82) is 0 Å². The molecule has 2 amide bonds. The van der Waals surface area contributed by atoms with Crippen LogP contribution in [0.1, 0.15) is 22.6 Å². The van der Waals surface area contributed by atoms with Crippen molar-refractivity contribution in [1.82, 2.24) is 5.32 Å². The zero-order valence-corrected chi connectivity index (χ0v) is 16.2. The van der Waals surface area contributed by atoms with Crippen LogP contribution in [-0.4, -0.2) is 24.6 Å². The van der Waals surface area contributed by atoms with E-state index in [1.165, 1.54) is 18.2 Å². The molecule has 3 aromatic carbocycles. The van der Waals surface area contributed by atoms with Gasteiger partial charge in [0.05, 0.1) is 0 Å². The molecule has 4 rings (SSSR count). The predicted octanol–water partition coefficient (Wildman–Crippen LogP) is 3.76. The molecular weight excluding hydrogens is 383 g/mol. The first-order chi connectivity index (χ1) is 14.5. The smallest absolute Gasteiger partial charge is 0.407 e. The van der Waals surface area contributed by atoms with Crippen LogP contribution in [0.3, 0.4) is 0 Å².